The Balaban J connectivity index is 1.82. The molecule has 1 aliphatic rings. The Hall–Kier alpha value is -0.790. The minimum Gasteiger partial charge on any atom is -0.465 e. The maximum absolute atomic E-state index is 11.8. The molecule has 0 aromatic rings. The van der Waals surface area contributed by atoms with Crippen LogP contribution in [0, 0.1) is 5.92 Å². The van der Waals surface area contributed by atoms with Crippen LogP contribution in [-0.4, -0.2) is 12.6 Å². The van der Waals surface area contributed by atoms with Crippen LogP contribution in [0.15, 0.2) is 12.2 Å². The summed E-state index contributed by atoms with van der Waals surface area (Å²) < 4.78 is 5.38. The van der Waals surface area contributed by atoms with Gasteiger partial charge in [-0.1, -0.05) is 76.9 Å². The van der Waals surface area contributed by atoms with Gasteiger partial charge in [0, 0.05) is 0 Å². The molecule has 1 aliphatic carbocycles. The highest BCUT2D eigenvalue weighted by Crippen LogP contribution is 2.19. The maximum Gasteiger partial charge on any atom is 0.309 e. The van der Waals surface area contributed by atoms with Crippen molar-refractivity contribution in [2.45, 2.75) is 90.4 Å². The van der Waals surface area contributed by atoms with Gasteiger partial charge in [0.25, 0.3) is 0 Å². The van der Waals surface area contributed by atoms with Gasteiger partial charge in [-0.3, -0.25) is 4.79 Å². The van der Waals surface area contributed by atoms with Crippen molar-refractivity contribution in [3.05, 3.63) is 12.2 Å². The zero-order valence-electron chi connectivity index (χ0n) is 13.9. The van der Waals surface area contributed by atoms with E-state index in [-0.39, 0.29) is 11.9 Å². The SMILES string of the molecule is CCCCCCCCCCCCOC(=O)C1CC=CCC1. The number of hydrogen-bond donors (Lipinski definition) is 0. The fraction of sp³-hybridized carbons (Fsp3) is 0.842. The van der Waals surface area contributed by atoms with Crippen LogP contribution in [0.4, 0.5) is 0 Å². The molecule has 2 nitrogen and oxygen atoms in total. The number of esters is 1. The fourth-order valence-corrected chi connectivity index (χ4v) is 2.89. The molecule has 0 aliphatic heterocycles. The zero-order chi connectivity index (χ0) is 15.2. The standard InChI is InChI=1S/C19H34O2/c1-2-3-4-5-6-7-8-9-10-14-17-21-19(20)18-15-12-11-13-16-18/h11-12,18H,2-10,13-17H2,1H3. The van der Waals surface area contributed by atoms with E-state index in [0.29, 0.717) is 6.61 Å². The minimum absolute atomic E-state index is 0.0234. The average molecular weight is 294 g/mol. The molecule has 1 unspecified atom stereocenters. The van der Waals surface area contributed by atoms with Gasteiger partial charge in [0.15, 0.2) is 0 Å². The van der Waals surface area contributed by atoms with Gasteiger partial charge in [-0.2, -0.15) is 0 Å². The highest BCUT2D eigenvalue weighted by atomic mass is 16.5. The van der Waals surface area contributed by atoms with Gasteiger partial charge in [0.2, 0.25) is 0 Å². The number of carbonyl (C=O) groups excluding carboxylic acids is 1. The predicted octanol–water partition coefficient (Wildman–Crippen LogP) is 5.81. The van der Waals surface area contributed by atoms with Crippen LogP contribution in [0.3, 0.4) is 0 Å². The van der Waals surface area contributed by atoms with E-state index >= 15 is 0 Å². The van der Waals surface area contributed by atoms with Crippen molar-refractivity contribution in [1.29, 1.82) is 0 Å². The molecule has 0 saturated heterocycles. The summed E-state index contributed by atoms with van der Waals surface area (Å²) in [6.07, 6.45) is 20.3. The number of carbonyl (C=O) groups is 1. The van der Waals surface area contributed by atoms with Crippen molar-refractivity contribution in [2.24, 2.45) is 5.92 Å². The molecule has 0 N–H and O–H groups in total. The second kappa shape index (κ2) is 12.9. The quantitative estimate of drug-likeness (QED) is 0.258. The molecular formula is C19H34O2. The van der Waals surface area contributed by atoms with Gasteiger partial charge >= 0.3 is 5.97 Å². The summed E-state index contributed by atoms with van der Waals surface area (Å²) >= 11 is 0. The molecule has 2 heteroatoms. The van der Waals surface area contributed by atoms with Gasteiger partial charge in [-0.25, -0.2) is 0 Å². The third-order valence-corrected chi connectivity index (χ3v) is 4.34. The van der Waals surface area contributed by atoms with Crippen molar-refractivity contribution >= 4 is 5.97 Å². The van der Waals surface area contributed by atoms with Crippen LogP contribution in [0.5, 0.6) is 0 Å². The summed E-state index contributed by atoms with van der Waals surface area (Å²) in [4.78, 5) is 11.8. The first kappa shape index (κ1) is 18.3. The molecular weight excluding hydrogens is 260 g/mol. The van der Waals surface area contributed by atoms with Crippen molar-refractivity contribution in [3.63, 3.8) is 0 Å². The molecule has 0 amide bonds. The Labute approximate surface area is 131 Å². The van der Waals surface area contributed by atoms with Gasteiger partial charge in [-0.15, -0.1) is 0 Å². The molecule has 0 saturated carbocycles. The van der Waals surface area contributed by atoms with Gasteiger partial charge in [0.1, 0.15) is 0 Å². The average Bonchev–Trinajstić information content (AvgIpc) is 2.53. The number of rotatable bonds is 12. The van der Waals surface area contributed by atoms with E-state index in [9.17, 15) is 4.79 Å². The van der Waals surface area contributed by atoms with E-state index in [1.54, 1.807) is 0 Å². The molecule has 0 bridgehead atoms. The maximum atomic E-state index is 11.8. The van der Waals surface area contributed by atoms with E-state index in [1.807, 2.05) is 0 Å². The lowest BCUT2D eigenvalue weighted by atomic mass is 9.95. The Bertz CT molecular complexity index is 283. The molecule has 21 heavy (non-hydrogen) atoms. The first-order chi connectivity index (χ1) is 10.3. The number of allylic oxidation sites excluding steroid dienone is 2. The Morgan fingerprint density at radius 1 is 0.952 bits per heavy atom. The molecule has 0 fully saturated rings. The van der Waals surface area contributed by atoms with E-state index in [2.05, 4.69) is 19.1 Å². The van der Waals surface area contributed by atoms with Gasteiger partial charge < -0.3 is 4.74 Å². The highest BCUT2D eigenvalue weighted by Gasteiger charge is 2.19. The van der Waals surface area contributed by atoms with Gasteiger partial charge in [0.05, 0.1) is 12.5 Å². The molecule has 1 atom stereocenters. The van der Waals surface area contributed by atoms with Crippen LogP contribution >= 0.6 is 0 Å². The van der Waals surface area contributed by atoms with Crippen LogP contribution in [0.1, 0.15) is 90.4 Å². The predicted molar refractivity (Wildman–Crippen MR) is 89.3 cm³/mol. The normalized spacial score (nSPS) is 17.9. The minimum atomic E-state index is 0.0234. The summed E-state index contributed by atoms with van der Waals surface area (Å²) in [5.74, 6) is 0.147. The topological polar surface area (TPSA) is 26.3 Å². The van der Waals surface area contributed by atoms with Crippen molar-refractivity contribution in [2.75, 3.05) is 6.61 Å². The lowest BCUT2D eigenvalue weighted by Gasteiger charge is -2.16. The first-order valence-electron chi connectivity index (χ1n) is 9.16. The molecule has 0 aromatic heterocycles. The summed E-state index contributed by atoms with van der Waals surface area (Å²) in [5, 5.41) is 0. The number of hydrogen-bond acceptors (Lipinski definition) is 2. The molecule has 0 radical (unpaired) electrons. The first-order valence-corrected chi connectivity index (χ1v) is 9.16. The third kappa shape index (κ3) is 9.71. The summed E-state index contributed by atoms with van der Waals surface area (Å²) in [7, 11) is 0. The Morgan fingerprint density at radius 3 is 2.14 bits per heavy atom. The number of unbranched alkanes of at least 4 members (excludes halogenated alkanes) is 9. The highest BCUT2D eigenvalue weighted by molar-refractivity contribution is 5.72. The van der Waals surface area contributed by atoms with E-state index in [1.165, 1.54) is 57.8 Å². The lowest BCUT2D eigenvalue weighted by Crippen LogP contribution is -2.19. The summed E-state index contributed by atoms with van der Waals surface area (Å²) in [6, 6.07) is 0. The van der Waals surface area contributed by atoms with E-state index < -0.39 is 0 Å². The fourth-order valence-electron chi connectivity index (χ4n) is 2.89. The lowest BCUT2D eigenvalue weighted by molar-refractivity contribution is -0.148. The smallest absolute Gasteiger partial charge is 0.309 e. The van der Waals surface area contributed by atoms with Crippen molar-refractivity contribution in [1.82, 2.24) is 0 Å². The zero-order valence-corrected chi connectivity index (χ0v) is 13.9. The number of ether oxygens (including phenoxy) is 1. The van der Waals surface area contributed by atoms with Gasteiger partial charge in [-0.05, 0) is 25.7 Å². The molecule has 0 aromatic carbocycles. The molecule has 0 spiro atoms. The third-order valence-electron chi connectivity index (χ3n) is 4.34. The second-order valence-corrected chi connectivity index (χ2v) is 6.33. The Morgan fingerprint density at radius 2 is 1.57 bits per heavy atom. The van der Waals surface area contributed by atoms with Crippen molar-refractivity contribution in [3.8, 4) is 0 Å². The van der Waals surface area contributed by atoms with E-state index in [4.69, 9.17) is 4.74 Å². The Kier molecular flexibility index (Phi) is 11.2. The summed E-state index contributed by atoms with van der Waals surface area (Å²) in [5.41, 5.74) is 0. The van der Waals surface area contributed by atoms with Crippen LogP contribution in [-0.2, 0) is 9.53 Å². The van der Waals surface area contributed by atoms with E-state index in [0.717, 1.165) is 25.7 Å². The molecule has 1 rings (SSSR count). The van der Waals surface area contributed by atoms with Crippen LogP contribution < -0.4 is 0 Å². The van der Waals surface area contributed by atoms with Crippen LogP contribution in [0.25, 0.3) is 0 Å². The van der Waals surface area contributed by atoms with Crippen molar-refractivity contribution < 1.29 is 9.53 Å². The summed E-state index contributed by atoms with van der Waals surface area (Å²) in [6.45, 7) is 2.88. The van der Waals surface area contributed by atoms with Crippen LogP contribution in [0.2, 0.25) is 0 Å². The molecule has 0 heterocycles. The monoisotopic (exact) mass is 294 g/mol. The second-order valence-electron chi connectivity index (χ2n) is 6.33. The molecule has 122 valence electrons. The largest absolute Gasteiger partial charge is 0.465 e.